The second-order valence-corrected chi connectivity index (χ2v) is 20.3. The Hall–Kier alpha value is -9.23. The molecular weight excluding hydrogens is 899 g/mol. The molecule has 3 heterocycles. The highest BCUT2D eigenvalue weighted by Gasteiger charge is 2.26. The van der Waals surface area contributed by atoms with Crippen molar-refractivity contribution in [1.82, 2.24) is 13.1 Å². The first-order chi connectivity index (χ1) is 35.5. The van der Waals surface area contributed by atoms with Gasteiger partial charge in [-0.2, -0.15) is 0 Å². The zero-order valence-corrected chi connectivity index (χ0v) is 39.7. The van der Waals surface area contributed by atoms with Crippen molar-refractivity contribution in [2.75, 3.05) is 0 Å². The van der Waals surface area contributed by atoms with Crippen LogP contribution in [0.1, 0.15) is 0 Å². The quantitative estimate of drug-likeness (QED) is 0.152. The van der Waals surface area contributed by atoms with Crippen LogP contribution in [-0.2, 0) is 10.0 Å². The lowest BCUT2D eigenvalue weighted by Crippen LogP contribution is -2.12. The van der Waals surface area contributed by atoms with Crippen LogP contribution in [0.3, 0.4) is 0 Å². The molecule has 14 aromatic rings. The van der Waals surface area contributed by atoms with E-state index in [-0.39, 0.29) is 4.90 Å². The average Bonchev–Trinajstić information content (AvgIpc) is 4.08. The van der Waals surface area contributed by atoms with Gasteiger partial charge in [0.1, 0.15) is 0 Å². The lowest BCUT2D eigenvalue weighted by atomic mass is 10.0. The normalized spacial score (nSPS) is 12.0. The fourth-order valence-corrected chi connectivity index (χ4v) is 12.6. The fraction of sp³-hybridized carbons (Fsp3) is 0. The monoisotopic (exact) mass is 941 g/mol. The van der Waals surface area contributed by atoms with E-state index in [1.807, 2.05) is 42.5 Å². The van der Waals surface area contributed by atoms with E-state index in [4.69, 9.17) is 0 Å². The number of fused-ring (bicyclic) bond motifs is 9. The Kier molecular flexibility index (Phi) is 9.53. The smallest absolute Gasteiger partial charge is 0.268 e. The first-order valence-corrected chi connectivity index (χ1v) is 25.7. The summed E-state index contributed by atoms with van der Waals surface area (Å²) < 4.78 is 36.2. The third-order valence-electron chi connectivity index (χ3n) is 14.4. The van der Waals surface area contributed by atoms with Gasteiger partial charge in [-0.3, -0.25) is 0 Å². The summed E-state index contributed by atoms with van der Waals surface area (Å²) in [6.07, 6.45) is 0. The second kappa shape index (κ2) is 16.4. The number of hydrogen-bond donors (Lipinski definition) is 0. The lowest BCUT2D eigenvalue weighted by molar-refractivity contribution is 0.590. The van der Waals surface area contributed by atoms with Crippen LogP contribution in [-0.4, -0.2) is 21.5 Å². The van der Waals surface area contributed by atoms with Gasteiger partial charge in [0.15, 0.2) is 0 Å². The van der Waals surface area contributed by atoms with Crippen LogP contribution in [0.15, 0.2) is 266 Å². The van der Waals surface area contributed by atoms with Gasteiger partial charge in [-0.15, -0.1) is 0 Å². The van der Waals surface area contributed by atoms with Crippen molar-refractivity contribution in [2.24, 2.45) is 0 Å². The van der Waals surface area contributed by atoms with Gasteiger partial charge in [0.25, 0.3) is 10.0 Å². The molecule has 0 radical (unpaired) electrons. The Balaban J connectivity index is 1.03. The fourth-order valence-electron chi connectivity index (χ4n) is 11.0. The SMILES string of the molecule is O=S(=O)(c1ccccc1)n1c2ccc(-n3c4ccc(-c5ccccc5)cc4c4cc(-c5ccccc5)ccc43)cc2c2cc(-n3c4ccc(-c5ccccc5)cc4c4cc(-c5ccccc5)ccc43)ccc21. The lowest BCUT2D eigenvalue weighted by Gasteiger charge is -2.12. The van der Waals surface area contributed by atoms with Crippen LogP contribution in [0.5, 0.6) is 0 Å². The van der Waals surface area contributed by atoms with Crippen LogP contribution >= 0.6 is 0 Å². The van der Waals surface area contributed by atoms with E-state index < -0.39 is 10.0 Å². The third kappa shape index (κ3) is 6.64. The summed E-state index contributed by atoms with van der Waals surface area (Å²) in [4.78, 5) is 0.230. The number of aromatic nitrogens is 3. The van der Waals surface area contributed by atoms with E-state index in [0.29, 0.717) is 11.0 Å². The van der Waals surface area contributed by atoms with Crippen molar-refractivity contribution in [1.29, 1.82) is 0 Å². The molecule has 0 spiro atoms. The third-order valence-corrected chi connectivity index (χ3v) is 16.2. The molecule has 0 aliphatic carbocycles. The Labute approximate surface area is 416 Å². The molecule has 11 aromatic carbocycles. The Morgan fingerprint density at radius 2 is 0.500 bits per heavy atom. The average molecular weight is 942 g/mol. The van der Waals surface area contributed by atoms with Crippen molar-refractivity contribution in [3.05, 3.63) is 261 Å². The standard InChI is InChI=1S/C66H43N3O2S/c70-72(71,54-24-14-5-15-25-54)69-65-36-30-52(67-61-32-26-48(44-16-6-1-7-17-44)38-55(61)56-39-49(27-33-62(56)67)45-18-8-2-9-19-45)42-59(65)60-43-53(31-37-66(60)69)68-63-34-28-50(46-20-10-3-11-21-46)40-57(63)58-41-51(29-35-64(58)68)47-22-12-4-13-23-47/h1-43H. The number of nitrogens with zero attached hydrogens (tertiary/aromatic N) is 3. The zero-order valence-electron chi connectivity index (χ0n) is 38.9. The molecule has 14 rings (SSSR count). The number of rotatable bonds is 8. The minimum absolute atomic E-state index is 0.230. The summed E-state index contributed by atoms with van der Waals surface area (Å²) in [7, 11) is -4.04. The largest absolute Gasteiger partial charge is 0.309 e. The molecule has 0 bridgehead atoms. The molecule has 6 heteroatoms. The molecule has 0 saturated heterocycles. The Bertz CT molecular complexity index is 4090. The summed E-state index contributed by atoms with van der Waals surface area (Å²) in [5.74, 6) is 0. The Morgan fingerprint density at radius 3 is 0.806 bits per heavy atom. The number of hydrogen-bond acceptors (Lipinski definition) is 2. The topological polar surface area (TPSA) is 48.9 Å². The molecular formula is C66H43N3O2S. The maximum absolute atomic E-state index is 15.0. The van der Waals surface area contributed by atoms with E-state index in [0.717, 1.165) is 110 Å². The van der Waals surface area contributed by atoms with Crippen molar-refractivity contribution < 1.29 is 8.42 Å². The second-order valence-electron chi connectivity index (χ2n) is 18.5. The van der Waals surface area contributed by atoms with E-state index in [1.54, 1.807) is 24.3 Å². The van der Waals surface area contributed by atoms with Gasteiger partial charge in [0, 0.05) is 43.7 Å². The molecule has 5 nitrogen and oxygen atoms in total. The Morgan fingerprint density at radius 1 is 0.236 bits per heavy atom. The molecule has 0 aliphatic rings. The molecule has 72 heavy (non-hydrogen) atoms. The molecule has 0 aliphatic heterocycles. The maximum Gasteiger partial charge on any atom is 0.268 e. The van der Waals surface area contributed by atoms with Crippen molar-refractivity contribution in [3.8, 4) is 55.9 Å². The van der Waals surface area contributed by atoms with Gasteiger partial charge in [0.2, 0.25) is 0 Å². The van der Waals surface area contributed by atoms with E-state index in [2.05, 4.69) is 203 Å². The highest BCUT2D eigenvalue weighted by molar-refractivity contribution is 7.90. The van der Waals surface area contributed by atoms with Crippen molar-refractivity contribution >= 4 is 75.4 Å². The van der Waals surface area contributed by atoms with Crippen molar-refractivity contribution in [3.63, 3.8) is 0 Å². The van der Waals surface area contributed by atoms with Gasteiger partial charge < -0.3 is 9.13 Å². The highest BCUT2D eigenvalue weighted by atomic mass is 32.2. The predicted octanol–water partition coefficient (Wildman–Crippen LogP) is 16.9. The summed E-state index contributed by atoms with van der Waals surface area (Å²) in [6.45, 7) is 0. The minimum Gasteiger partial charge on any atom is -0.309 e. The van der Waals surface area contributed by atoms with Crippen molar-refractivity contribution in [2.45, 2.75) is 4.90 Å². The molecule has 3 aromatic heterocycles. The van der Waals surface area contributed by atoms with E-state index >= 15 is 0 Å². The molecule has 0 amide bonds. The molecule has 0 fully saturated rings. The van der Waals surface area contributed by atoms with Gasteiger partial charge in [-0.05, 0) is 142 Å². The first-order valence-electron chi connectivity index (χ1n) is 24.2. The summed E-state index contributed by atoms with van der Waals surface area (Å²) >= 11 is 0. The molecule has 0 unspecified atom stereocenters. The first kappa shape index (κ1) is 41.7. The van der Waals surface area contributed by atoms with E-state index in [9.17, 15) is 8.42 Å². The minimum atomic E-state index is -4.04. The van der Waals surface area contributed by atoms with Gasteiger partial charge in [0.05, 0.1) is 38.0 Å². The summed E-state index contributed by atoms with van der Waals surface area (Å²) in [5.41, 5.74) is 16.5. The van der Waals surface area contributed by atoms with Crippen LogP contribution in [0, 0.1) is 0 Å². The maximum atomic E-state index is 15.0. The summed E-state index contributed by atoms with van der Waals surface area (Å²) in [6, 6.07) is 90.2. The number of benzene rings is 11. The van der Waals surface area contributed by atoms with Gasteiger partial charge in [-0.25, -0.2) is 12.4 Å². The highest BCUT2D eigenvalue weighted by Crippen LogP contribution is 2.42. The predicted molar refractivity (Wildman–Crippen MR) is 299 cm³/mol. The van der Waals surface area contributed by atoms with Crippen LogP contribution in [0.25, 0.3) is 121 Å². The van der Waals surface area contributed by atoms with Gasteiger partial charge in [-0.1, -0.05) is 164 Å². The molecule has 0 saturated carbocycles. The van der Waals surface area contributed by atoms with Gasteiger partial charge >= 0.3 is 0 Å². The van der Waals surface area contributed by atoms with E-state index in [1.165, 1.54) is 3.97 Å². The van der Waals surface area contributed by atoms with Crippen LogP contribution < -0.4 is 0 Å². The van der Waals surface area contributed by atoms with Crippen LogP contribution in [0.4, 0.5) is 0 Å². The zero-order chi connectivity index (χ0) is 47.9. The molecule has 0 atom stereocenters. The summed E-state index contributed by atoms with van der Waals surface area (Å²) in [5, 5.41) is 6.21. The molecule has 340 valence electrons. The van der Waals surface area contributed by atoms with Crippen LogP contribution in [0.2, 0.25) is 0 Å². The molecule has 0 N–H and O–H groups in total.